The predicted octanol–water partition coefficient (Wildman–Crippen LogP) is 3.22. The Morgan fingerprint density at radius 3 is 2.71 bits per heavy atom. The minimum atomic E-state index is -0.221. The molecule has 3 rings (SSSR count). The lowest BCUT2D eigenvalue weighted by Gasteiger charge is -2.34. The summed E-state index contributed by atoms with van der Waals surface area (Å²) in [5.41, 5.74) is 10.0. The van der Waals surface area contributed by atoms with Gasteiger partial charge in [0.1, 0.15) is 0 Å². The summed E-state index contributed by atoms with van der Waals surface area (Å²) in [6, 6.07) is 10.4. The van der Waals surface area contributed by atoms with Crippen molar-refractivity contribution >= 4 is 35.8 Å². The number of amides is 1. The Hall–Kier alpha value is -2.10. The van der Waals surface area contributed by atoms with Gasteiger partial charge in [0.2, 0.25) is 5.91 Å². The fraction of sp³-hybridized carbons (Fsp3) is 0.522. The largest absolute Gasteiger partial charge is 0.370 e. The molecule has 1 atom stereocenters. The Labute approximate surface area is 202 Å². The summed E-state index contributed by atoms with van der Waals surface area (Å²) in [6.07, 6.45) is 2.54. The summed E-state index contributed by atoms with van der Waals surface area (Å²) in [7, 11) is 0. The number of rotatable bonds is 7. The number of nitrogens with two attached hydrogens (primary N) is 1. The first-order chi connectivity index (χ1) is 14.5. The van der Waals surface area contributed by atoms with Crippen LogP contribution in [0.3, 0.4) is 0 Å². The van der Waals surface area contributed by atoms with Crippen LogP contribution < -0.4 is 11.1 Å². The lowest BCUT2D eigenvalue weighted by molar-refractivity contribution is -0.119. The van der Waals surface area contributed by atoms with E-state index in [1.165, 1.54) is 11.1 Å². The van der Waals surface area contributed by atoms with Crippen molar-refractivity contribution in [2.24, 2.45) is 16.6 Å². The van der Waals surface area contributed by atoms with Crippen LogP contribution in [0, 0.1) is 19.8 Å². The third kappa shape index (κ3) is 6.95. The molecule has 7 nitrogen and oxygen atoms in total. The van der Waals surface area contributed by atoms with Crippen LogP contribution in [0.1, 0.15) is 48.7 Å². The highest BCUT2D eigenvalue weighted by Gasteiger charge is 2.23. The SMILES string of the molecule is CCNC(=NCc1c(C)nn(Cc2ccccc2)c1C)N1CCCC(CC(N)=O)C1.I. The zero-order valence-corrected chi connectivity index (χ0v) is 21.1. The Morgan fingerprint density at radius 2 is 2.03 bits per heavy atom. The Balaban J connectivity index is 0.00000341. The number of hydrogen-bond acceptors (Lipinski definition) is 3. The van der Waals surface area contributed by atoms with Gasteiger partial charge in [0, 0.05) is 37.3 Å². The average molecular weight is 538 g/mol. The normalized spacial score (nSPS) is 16.7. The molecular weight excluding hydrogens is 503 g/mol. The van der Waals surface area contributed by atoms with Gasteiger partial charge < -0.3 is 16.0 Å². The Morgan fingerprint density at radius 1 is 1.29 bits per heavy atom. The van der Waals surface area contributed by atoms with Crippen molar-refractivity contribution in [2.75, 3.05) is 19.6 Å². The van der Waals surface area contributed by atoms with Crippen molar-refractivity contribution in [1.29, 1.82) is 0 Å². The number of guanidine groups is 1. The second-order valence-corrected chi connectivity index (χ2v) is 8.09. The van der Waals surface area contributed by atoms with Crippen LogP contribution in [-0.2, 0) is 17.9 Å². The highest BCUT2D eigenvalue weighted by atomic mass is 127. The lowest BCUT2D eigenvalue weighted by atomic mass is 9.95. The number of nitrogens with zero attached hydrogens (tertiary/aromatic N) is 4. The minimum absolute atomic E-state index is 0. The fourth-order valence-corrected chi connectivity index (χ4v) is 4.16. The first-order valence-corrected chi connectivity index (χ1v) is 10.9. The van der Waals surface area contributed by atoms with E-state index in [1.54, 1.807) is 0 Å². The highest BCUT2D eigenvalue weighted by molar-refractivity contribution is 14.0. The van der Waals surface area contributed by atoms with E-state index in [0.29, 0.717) is 18.9 Å². The molecule has 1 aliphatic rings. The number of primary amides is 1. The average Bonchev–Trinajstić information content (AvgIpc) is 2.98. The van der Waals surface area contributed by atoms with Gasteiger partial charge in [-0.3, -0.25) is 9.48 Å². The van der Waals surface area contributed by atoms with Gasteiger partial charge in [-0.15, -0.1) is 24.0 Å². The van der Waals surface area contributed by atoms with Gasteiger partial charge in [0.15, 0.2) is 5.96 Å². The first kappa shape index (κ1) is 25.2. The number of carbonyl (C=O) groups excluding carboxylic acids is 1. The van der Waals surface area contributed by atoms with Crippen LogP contribution in [0.25, 0.3) is 0 Å². The number of hydrogen-bond donors (Lipinski definition) is 2. The van der Waals surface area contributed by atoms with Gasteiger partial charge in [-0.2, -0.15) is 5.10 Å². The van der Waals surface area contributed by atoms with E-state index in [9.17, 15) is 4.79 Å². The number of nitrogens with one attached hydrogen (secondary N) is 1. The van der Waals surface area contributed by atoms with Crippen LogP contribution >= 0.6 is 24.0 Å². The molecule has 1 aromatic carbocycles. The third-order valence-corrected chi connectivity index (χ3v) is 5.74. The molecule has 0 radical (unpaired) electrons. The Kier molecular flexibility index (Phi) is 9.80. The molecule has 0 saturated carbocycles. The van der Waals surface area contributed by atoms with Gasteiger partial charge in [0.25, 0.3) is 0 Å². The van der Waals surface area contributed by atoms with Gasteiger partial charge >= 0.3 is 0 Å². The molecule has 2 heterocycles. The molecule has 2 aromatic rings. The van der Waals surface area contributed by atoms with Gasteiger partial charge in [0.05, 0.1) is 18.8 Å². The zero-order valence-electron chi connectivity index (χ0n) is 18.8. The predicted molar refractivity (Wildman–Crippen MR) is 136 cm³/mol. The fourth-order valence-electron chi connectivity index (χ4n) is 4.16. The van der Waals surface area contributed by atoms with E-state index in [2.05, 4.69) is 59.9 Å². The number of aromatic nitrogens is 2. The van der Waals surface area contributed by atoms with E-state index in [4.69, 9.17) is 15.8 Å². The summed E-state index contributed by atoms with van der Waals surface area (Å²) < 4.78 is 2.06. The van der Waals surface area contributed by atoms with E-state index >= 15 is 0 Å². The maximum Gasteiger partial charge on any atom is 0.217 e. The molecule has 31 heavy (non-hydrogen) atoms. The van der Waals surface area contributed by atoms with E-state index in [-0.39, 0.29) is 29.9 Å². The molecule has 3 N–H and O–H groups in total. The highest BCUT2D eigenvalue weighted by Crippen LogP contribution is 2.20. The summed E-state index contributed by atoms with van der Waals surface area (Å²) in [5.74, 6) is 0.986. The minimum Gasteiger partial charge on any atom is -0.370 e. The van der Waals surface area contributed by atoms with Crippen molar-refractivity contribution < 1.29 is 4.79 Å². The van der Waals surface area contributed by atoms with E-state index in [1.807, 2.05) is 6.07 Å². The summed E-state index contributed by atoms with van der Waals surface area (Å²) >= 11 is 0. The maximum atomic E-state index is 11.3. The molecule has 1 unspecified atom stereocenters. The number of carbonyl (C=O) groups is 1. The third-order valence-electron chi connectivity index (χ3n) is 5.74. The number of piperidine rings is 1. The van der Waals surface area contributed by atoms with Crippen molar-refractivity contribution in [3.63, 3.8) is 0 Å². The molecule has 0 bridgehead atoms. The smallest absolute Gasteiger partial charge is 0.217 e. The maximum absolute atomic E-state index is 11.3. The molecule has 170 valence electrons. The van der Waals surface area contributed by atoms with Gasteiger partial charge in [-0.1, -0.05) is 30.3 Å². The van der Waals surface area contributed by atoms with Gasteiger partial charge in [-0.05, 0) is 45.1 Å². The van der Waals surface area contributed by atoms with Crippen molar-refractivity contribution in [1.82, 2.24) is 20.0 Å². The summed E-state index contributed by atoms with van der Waals surface area (Å²) in [4.78, 5) is 18.5. The van der Waals surface area contributed by atoms with Crippen LogP contribution in [0.2, 0.25) is 0 Å². The van der Waals surface area contributed by atoms with E-state index < -0.39 is 0 Å². The van der Waals surface area contributed by atoms with Crippen molar-refractivity contribution in [3.05, 3.63) is 52.8 Å². The van der Waals surface area contributed by atoms with Crippen molar-refractivity contribution in [3.8, 4) is 0 Å². The van der Waals surface area contributed by atoms with Crippen LogP contribution in [0.15, 0.2) is 35.3 Å². The monoisotopic (exact) mass is 538 g/mol. The zero-order chi connectivity index (χ0) is 21.5. The molecule has 1 aromatic heterocycles. The number of halogens is 1. The molecule has 1 amide bonds. The quantitative estimate of drug-likeness (QED) is 0.322. The molecule has 0 spiro atoms. The second kappa shape index (κ2) is 12.1. The molecule has 1 fully saturated rings. The second-order valence-electron chi connectivity index (χ2n) is 8.09. The standard InChI is InChI=1S/C23H34N6O.HI/c1-4-25-23(28-12-8-11-20(15-28)13-22(24)30)26-14-21-17(2)27-29(18(21)3)16-19-9-6-5-7-10-19;/h5-7,9-10,20H,4,8,11-16H2,1-3H3,(H2,24,30)(H,25,26);1H. The molecule has 1 saturated heterocycles. The molecule has 8 heteroatoms. The number of benzene rings is 1. The lowest BCUT2D eigenvalue weighted by Crippen LogP contribution is -2.47. The van der Waals surface area contributed by atoms with Crippen LogP contribution in [-0.4, -0.2) is 46.2 Å². The topological polar surface area (TPSA) is 88.5 Å². The number of aryl methyl sites for hydroxylation is 1. The van der Waals surface area contributed by atoms with Crippen LogP contribution in [0.4, 0.5) is 0 Å². The Bertz CT molecular complexity index is 880. The van der Waals surface area contributed by atoms with Gasteiger partial charge in [-0.25, -0.2) is 4.99 Å². The molecular formula is C23H35IN6O. The summed E-state index contributed by atoms with van der Waals surface area (Å²) in [5, 5.41) is 8.16. The van der Waals surface area contributed by atoms with E-state index in [0.717, 1.165) is 56.4 Å². The number of aliphatic imine (C=N–C) groups is 1. The summed E-state index contributed by atoms with van der Waals surface area (Å²) in [6.45, 7) is 10.2. The number of likely N-dealkylation sites (tertiary alicyclic amines) is 1. The first-order valence-electron chi connectivity index (χ1n) is 10.9. The molecule has 1 aliphatic heterocycles. The van der Waals surface area contributed by atoms with Crippen molar-refractivity contribution in [2.45, 2.75) is 53.1 Å². The molecule has 0 aliphatic carbocycles. The van der Waals surface area contributed by atoms with Crippen LogP contribution in [0.5, 0.6) is 0 Å².